The van der Waals surface area contributed by atoms with Gasteiger partial charge in [-0.2, -0.15) is 0 Å². The van der Waals surface area contributed by atoms with Gasteiger partial charge >= 0.3 is 0 Å². The molecule has 0 N–H and O–H groups in total. The van der Waals surface area contributed by atoms with Crippen LogP contribution in [0.2, 0.25) is 0 Å². The third-order valence-corrected chi connectivity index (χ3v) is 5.30. The summed E-state index contributed by atoms with van der Waals surface area (Å²) in [6.45, 7) is 9.68. The fraction of sp³-hybridized carbons (Fsp3) is 0.800. The van der Waals surface area contributed by atoms with E-state index in [1.807, 2.05) is 11.8 Å². The van der Waals surface area contributed by atoms with Gasteiger partial charge in [0.1, 0.15) is 6.29 Å². The molecule has 0 aromatic carbocycles. The van der Waals surface area contributed by atoms with Gasteiger partial charge in [0.15, 0.2) is 0 Å². The van der Waals surface area contributed by atoms with E-state index in [1.165, 1.54) is 32.1 Å². The summed E-state index contributed by atoms with van der Waals surface area (Å²) in [6.07, 6.45) is 10.6. The number of carbonyl (C=O) groups is 2. The molecule has 1 saturated carbocycles. The Morgan fingerprint density at radius 3 is 2.26 bits per heavy atom. The quantitative estimate of drug-likeness (QED) is 0.577. The van der Waals surface area contributed by atoms with Gasteiger partial charge in [-0.25, -0.2) is 0 Å². The van der Waals surface area contributed by atoms with Gasteiger partial charge in [0.2, 0.25) is 5.91 Å². The van der Waals surface area contributed by atoms with Crippen LogP contribution >= 0.6 is 0 Å². The number of piperidine rings is 1. The molecule has 1 saturated heterocycles. The third-order valence-electron chi connectivity index (χ3n) is 5.30. The number of carbonyl (C=O) groups excluding carboxylic acids is 2. The molecule has 0 aromatic rings. The van der Waals surface area contributed by atoms with Gasteiger partial charge < -0.3 is 9.69 Å². The molecular weight excluding hydrogens is 286 g/mol. The molecular formula is C20H33NO2. The highest BCUT2D eigenvalue weighted by Gasteiger charge is 2.35. The zero-order valence-corrected chi connectivity index (χ0v) is 15.3. The number of hydrogen-bond donors (Lipinski definition) is 0. The number of likely N-dealkylation sites (tertiary alicyclic amines) is 1. The van der Waals surface area contributed by atoms with E-state index in [9.17, 15) is 9.59 Å². The molecule has 130 valence electrons. The van der Waals surface area contributed by atoms with Crippen molar-refractivity contribution in [3.63, 3.8) is 0 Å². The summed E-state index contributed by atoms with van der Waals surface area (Å²) in [4.78, 5) is 26.2. The van der Waals surface area contributed by atoms with Crippen LogP contribution in [0.5, 0.6) is 0 Å². The summed E-state index contributed by atoms with van der Waals surface area (Å²) >= 11 is 0. The second kappa shape index (κ2) is 7.63. The Labute approximate surface area is 141 Å². The standard InChI is InChI=1S/C20H33NO2/c1-15(11-20(2,3)4)19(23)21-12-16(14-22)10-18(13-21)17-8-6-5-7-9-17/h11,14,16-18H,5-10,12-13H2,1-4H3/b15-11+. The molecule has 3 nitrogen and oxygen atoms in total. The minimum Gasteiger partial charge on any atom is -0.338 e. The van der Waals surface area contributed by atoms with Gasteiger partial charge in [-0.15, -0.1) is 0 Å². The Morgan fingerprint density at radius 1 is 1.04 bits per heavy atom. The molecule has 0 aromatic heterocycles. The van der Waals surface area contributed by atoms with Gasteiger partial charge in [0, 0.05) is 24.6 Å². The second-order valence-corrected chi connectivity index (χ2v) is 8.69. The maximum Gasteiger partial charge on any atom is 0.249 e. The fourth-order valence-corrected chi connectivity index (χ4v) is 4.35. The first kappa shape index (κ1) is 18.2. The van der Waals surface area contributed by atoms with Crippen LogP contribution in [-0.4, -0.2) is 30.2 Å². The average Bonchev–Trinajstić information content (AvgIpc) is 2.52. The Kier molecular flexibility index (Phi) is 6.05. The highest BCUT2D eigenvalue weighted by atomic mass is 16.2. The predicted octanol–water partition coefficient (Wildman–Crippen LogP) is 4.22. The lowest BCUT2D eigenvalue weighted by atomic mass is 9.74. The van der Waals surface area contributed by atoms with E-state index in [0.29, 0.717) is 18.4 Å². The highest BCUT2D eigenvalue weighted by Crippen LogP contribution is 2.36. The van der Waals surface area contributed by atoms with Crippen molar-refractivity contribution in [2.75, 3.05) is 13.1 Å². The van der Waals surface area contributed by atoms with Gasteiger partial charge in [-0.05, 0) is 30.6 Å². The minimum absolute atomic E-state index is 0.00234. The van der Waals surface area contributed by atoms with E-state index in [2.05, 4.69) is 26.8 Å². The molecule has 0 spiro atoms. The van der Waals surface area contributed by atoms with Crippen molar-refractivity contribution in [3.8, 4) is 0 Å². The predicted molar refractivity (Wildman–Crippen MR) is 94.0 cm³/mol. The number of amides is 1. The number of hydrogen-bond acceptors (Lipinski definition) is 2. The molecule has 2 aliphatic rings. The van der Waals surface area contributed by atoms with Crippen molar-refractivity contribution < 1.29 is 9.59 Å². The maximum absolute atomic E-state index is 12.8. The van der Waals surface area contributed by atoms with Crippen molar-refractivity contribution in [2.24, 2.45) is 23.2 Å². The Morgan fingerprint density at radius 2 is 1.70 bits per heavy atom. The lowest BCUT2D eigenvalue weighted by Gasteiger charge is -2.41. The molecule has 0 radical (unpaired) electrons. The van der Waals surface area contributed by atoms with Crippen molar-refractivity contribution in [1.29, 1.82) is 0 Å². The van der Waals surface area contributed by atoms with Crippen LogP contribution in [0, 0.1) is 23.2 Å². The SMILES string of the molecule is C/C(=C\C(C)(C)C)C(=O)N1CC(C=O)CC(C2CCCCC2)C1. The van der Waals surface area contributed by atoms with Crippen LogP contribution in [0.25, 0.3) is 0 Å². The summed E-state index contributed by atoms with van der Waals surface area (Å²) in [6, 6.07) is 0. The normalized spacial score (nSPS) is 27.8. The second-order valence-electron chi connectivity index (χ2n) is 8.69. The van der Waals surface area contributed by atoms with E-state index >= 15 is 0 Å². The highest BCUT2D eigenvalue weighted by molar-refractivity contribution is 5.93. The monoisotopic (exact) mass is 319 g/mol. The van der Waals surface area contributed by atoms with E-state index < -0.39 is 0 Å². The number of allylic oxidation sites excluding steroid dienone is 1. The maximum atomic E-state index is 12.8. The molecule has 1 aliphatic heterocycles. The van der Waals surface area contributed by atoms with Crippen LogP contribution < -0.4 is 0 Å². The van der Waals surface area contributed by atoms with Gasteiger partial charge in [0.05, 0.1) is 0 Å². The smallest absolute Gasteiger partial charge is 0.249 e. The lowest BCUT2D eigenvalue weighted by molar-refractivity contribution is -0.131. The van der Waals surface area contributed by atoms with Crippen LogP contribution in [0.3, 0.4) is 0 Å². The largest absolute Gasteiger partial charge is 0.338 e. The van der Waals surface area contributed by atoms with Crippen molar-refractivity contribution >= 4 is 12.2 Å². The van der Waals surface area contributed by atoms with Crippen LogP contribution in [0.1, 0.15) is 66.2 Å². The van der Waals surface area contributed by atoms with Crippen molar-refractivity contribution in [2.45, 2.75) is 66.2 Å². The molecule has 1 aliphatic carbocycles. The minimum atomic E-state index is 0.00234. The third kappa shape index (κ3) is 5.19. The number of aldehydes is 1. The average molecular weight is 319 g/mol. The molecule has 2 atom stereocenters. The molecule has 2 rings (SSSR count). The molecule has 2 unspecified atom stereocenters. The number of nitrogens with zero attached hydrogens (tertiary/aromatic N) is 1. The van der Waals surface area contributed by atoms with Gasteiger partial charge in [-0.3, -0.25) is 4.79 Å². The van der Waals surface area contributed by atoms with Crippen LogP contribution in [0.15, 0.2) is 11.6 Å². The van der Waals surface area contributed by atoms with E-state index in [-0.39, 0.29) is 17.2 Å². The first-order chi connectivity index (χ1) is 10.8. The molecule has 3 heteroatoms. The molecule has 23 heavy (non-hydrogen) atoms. The Balaban J connectivity index is 2.09. The summed E-state index contributed by atoms with van der Waals surface area (Å²) in [5.74, 6) is 1.34. The van der Waals surface area contributed by atoms with Crippen molar-refractivity contribution in [1.82, 2.24) is 4.90 Å². The van der Waals surface area contributed by atoms with Crippen LogP contribution in [-0.2, 0) is 9.59 Å². The topological polar surface area (TPSA) is 37.4 Å². The Hall–Kier alpha value is -1.12. The molecule has 0 bridgehead atoms. The van der Waals surface area contributed by atoms with Gasteiger partial charge in [-0.1, -0.05) is 59.0 Å². The fourth-order valence-electron chi connectivity index (χ4n) is 4.35. The first-order valence-corrected chi connectivity index (χ1v) is 9.24. The zero-order valence-electron chi connectivity index (χ0n) is 15.3. The van der Waals surface area contributed by atoms with Gasteiger partial charge in [0.25, 0.3) is 0 Å². The van der Waals surface area contributed by atoms with E-state index in [1.54, 1.807) is 0 Å². The summed E-state index contributed by atoms with van der Waals surface area (Å²) < 4.78 is 0. The van der Waals surface area contributed by atoms with E-state index in [0.717, 1.165) is 24.8 Å². The Bertz CT molecular complexity index is 455. The summed E-state index contributed by atoms with van der Waals surface area (Å²) in [5.41, 5.74) is 0.814. The van der Waals surface area contributed by atoms with Crippen molar-refractivity contribution in [3.05, 3.63) is 11.6 Å². The lowest BCUT2D eigenvalue weighted by Crippen LogP contribution is -2.47. The first-order valence-electron chi connectivity index (χ1n) is 9.24. The zero-order chi connectivity index (χ0) is 17.0. The molecule has 1 amide bonds. The van der Waals surface area contributed by atoms with E-state index in [4.69, 9.17) is 0 Å². The van der Waals surface area contributed by atoms with Crippen LogP contribution in [0.4, 0.5) is 0 Å². The summed E-state index contributed by atoms with van der Waals surface area (Å²) in [5, 5.41) is 0. The molecule has 2 fully saturated rings. The number of rotatable bonds is 3. The molecule has 1 heterocycles. The summed E-state index contributed by atoms with van der Waals surface area (Å²) in [7, 11) is 0.